The summed E-state index contributed by atoms with van der Waals surface area (Å²) in [7, 11) is 1.33. The molecule has 0 aliphatic carbocycles. The third-order valence-corrected chi connectivity index (χ3v) is 2.79. The Morgan fingerprint density at radius 3 is 2.50 bits per heavy atom. The zero-order valence-corrected chi connectivity index (χ0v) is 10.2. The predicted molar refractivity (Wildman–Crippen MR) is 62.1 cm³/mol. The highest BCUT2D eigenvalue weighted by atomic mass is 16.5. The topological polar surface area (TPSA) is 46.5 Å². The van der Waals surface area contributed by atoms with Crippen molar-refractivity contribution in [3.63, 3.8) is 0 Å². The molecule has 0 saturated carbocycles. The van der Waals surface area contributed by atoms with Crippen molar-refractivity contribution >= 4 is 5.97 Å². The summed E-state index contributed by atoms with van der Waals surface area (Å²) in [5.41, 5.74) is 2.91. The van der Waals surface area contributed by atoms with Crippen LogP contribution in [0.25, 0.3) is 0 Å². The molecular weight excluding hydrogens is 204 g/mol. The van der Waals surface area contributed by atoms with Crippen LogP contribution < -0.4 is 0 Å². The van der Waals surface area contributed by atoms with Gasteiger partial charge in [0.25, 0.3) is 0 Å². The molecule has 3 heteroatoms. The number of hydrogen-bond donors (Lipinski definition) is 1. The summed E-state index contributed by atoms with van der Waals surface area (Å²) in [4.78, 5) is 11.3. The number of aliphatic hydroxyl groups excluding tert-OH is 1. The molecule has 2 unspecified atom stereocenters. The Hall–Kier alpha value is -1.35. The van der Waals surface area contributed by atoms with Gasteiger partial charge in [0, 0.05) is 0 Å². The van der Waals surface area contributed by atoms with Crippen LogP contribution in [0.15, 0.2) is 18.2 Å². The molecule has 0 aliphatic rings. The van der Waals surface area contributed by atoms with Gasteiger partial charge in [0.15, 0.2) is 0 Å². The number of aryl methyl sites for hydroxylation is 2. The fourth-order valence-corrected chi connectivity index (χ4v) is 1.74. The van der Waals surface area contributed by atoms with Crippen molar-refractivity contribution in [2.24, 2.45) is 5.92 Å². The van der Waals surface area contributed by atoms with Gasteiger partial charge in [-0.3, -0.25) is 4.79 Å². The molecule has 88 valence electrons. The van der Waals surface area contributed by atoms with Crippen molar-refractivity contribution in [2.45, 2.75) is 26.9 Å². The van der Waals surface area contributed by atoms with Gasteiger partial charge in [-0.15, -0.1) is 0 Å². The second-order valence-corrected chi connectivity index (χ2v) is 4.12. The fraction of sp³-hybridized carbons (Fsp3) is 0.462. The van der Waals surface area contributed by atoms with E-state index in [1.807, 2.05) is 32.0 Å². The Morgan fingerprint density at radius 2 is 2.00 bits per heavy atom. The number of aliphatic hydroxyl groups is 1. The van der Waals surface area contributed by atoms with Crippen molar-refractivity contribution < 1.29 is 14.6 Å². The number of esters is 1. The van der Waals surface area contributed by atoms with Crippen molar-refractivity contribution in [1.29, 1.82) is 0 Å². The zero-order valence-electron chi connectivity index (χ0n) is 10.2. The maximum absolute atomic E-state index is 11.3. The maximum Gasteiger partial charge on any atom is 0.311 e. The van der Waals surface area contributed by atoms with Crippen LogP contribution in [0.2, 0.25) is 0 Å². The SMILES string of the molecule is COC(=O)C(C)C(O)c1ccc(C)cc1C. The molecule has 0 radical (unpaired) electrons. The summed E-state index contributed by atoms with van der Waals surface area (Å²) in [6.07, 6.45) is -0.812. The normalized spacial score (nSPS) is 14.3. The molecule has 0 amide bonds. The van der Waals surface area contributed by atoms with Gasteiger partial charge in [0.1, 0.15) is 0 Å². The molecule has 1 aromatic rings. The fourth-order valence-electron chi connectivity index (χ4n) is 1.74. The van der Waals surface area contributed by atoms with E-state index < -0.39 is 18.0 Å². The summed E-state index contributed by atoms with van der Waals surface area (Å²) in [6, 6.07) is 5.77. The average molecular weight is 222 g/mol. The van der Waals surface area contributed by atoms with Gasteiger partial charge in [0.2, 0.25) is 0 Å². The highest BCUT2D eigenvalue weighted by Crippen LogP contribution is 2.26. The molecule has 0 heterocycles. The van der Waals surface area contributed by atoms with Crippen LogP contribution in [-0.2, 0) is 9.53 Å². The minimum atomic E-state index is -0.812. The lowest BCUT2D eigenvalue weighted by atomic mass is 9.93. The molecule has 0 aromatic heterocycles. The zero-order chi connectivity index (χ0) is 12.3. The van der Waals surface area contributed by atoms with Gasteiger partial charge >= 0.3 is 5.97 Å². The van der Waals surface area contributed by atoms with Crippen LogP contribution >= 0.6 is 0 Å². The number of rotatable bonds is 3. The Balaban J connectivity index is 2.96. The Labute approximate surface area is 96.1 Å². The minimum Gasteiger partial charge on any atom is -0.469 e. The molecular formula is C13H18O3. The number of methoxy groups -OCH3 is 1. The molecule has 0 saturated heterocycles. The van der Waals surface area contributed by atoms with E-state index in [1.165, 1.54) is 7.11 Å². The number of ether oxygens (including phenoxy) is 1. The lowest BCUT2D eigenvalue weighted by Crippen LogP contribution is -2.21. The number of hydrogen-bond acceptors (Lipinski definition) is 3. The second-order valence-electron chi connectivity index (χ2n) is 4.12. The van der Waals surface area contributed by atoms with Crippen LogP contribution in [-0.4, -0.2) is 18.2 Å². The molecule has 1 aromatic carbocycles. The highest BCUT2D eigenvalue weighted by Gasteiger charge is 2.25. The third-order valence-electron chi connectivity index (χ3n) is 2.79. The quantitative estimate of drug-likeness (QED) is 0.797. The predicted octanol–water partition coefficient (Wildman–Crippen LogP) is 2.15. The molecule has 0 aliphatic heterocycles. The Kier molecular flexibility index (Phi) is 4.07. The Bertz CT molecular complexity index is 385. The average Bonchev–Trinajstić information content (AvgIpc) is 2.26. The summed E-state index contributed by atoms with van der Waals surface area (Å²) >= 11 is 0. The number of carbonyl (C=O) groups is 1. The highest BCUT2D eigenvalue weighted by molar-refractivity contribution is 5.72. The molecule has 1 N–H and O–H groups in total. The molecule has 0 bridgehead atoms. The van der Waals surface area contributed by atoms with Crippen LogP contribution in [0, 0.1) is 19.8 Å². The van der Waals surface area contributed by atoms with E-state index in [1.54, 1.807) is 6.92 Å². The summed E-state index contributed by atoms with van der Waals surface area (Å²) in [6.45, 7) is 5.58. The van der Waals surface area contributed by atoms with Crippen LogP contribution in [0.4, 0.5) is 0 Å². The minimum absolute atomic E-state index is 0.396. The van der Waals surface area contributed by atoms with E-state index >= 15 is 0 Å². The Morgan fingerprint density at radius 1 is 1.38 bits per heavy atom. The number of benzene rings is 1. The molecule has 16 heavy (non-hydrogen) atoms. The van der Waals surface area contributed by atoms with Gasteiger partial charge in [-0.25, -0.2) is 0 Å². The summed E-state index contributed by atoms with van der Waals surface area (Å²) in [5.74, 6) is -0.945. The first-order valence-corrected chi connectivity index (χ1v) is 5.30. The molecule has 0 fully saturated rings. The second kappa shape index (κ2) is 5.12. The first-order valence-electron chi connectivity index (χ1n) is 5.30. The number of carbonyl (C=O) groups excluding carboxylic acids is 1. The van der Waals surface area contributed by atoms with Gasteiger partial charge in [-0.1, -0.05) is 23.8 Å². The summed E-state index contributed by atoms with van der Waals surface area (Å²) < 4.78 is 4.62. The van der Waals surface area contributed by atoms with Gasteiger partial charge in [-0.2, -0.15) is 0 Å². The lowest BCUT2D eigenvalue weighted by molar-refractivity contribution is -0.148. The standard InChI is InChI=1S/C13H18O3/c1-8-5-6-11(9(2)7-8)12(14)10(3)13(15)16-4/h5-7,10,12,14H,1-4H3. The van der Waals surface area contributed by atoms with E-state index in [0.29, 0.717) is 0 Å². The maximum atomic E-state index is 11.3. The first kappa shape index (κ1) is 12.7. The van der Waals surface area contributed by atoms with Crippen molar-refractivity contribution in [1.82, 2.24) is 0 Å². The molecule has 3 nitrogen and oxygen atoms in total. The van der Waals surface area contributed by atoms with E-state index in [2.05, 4.69) is 4.74 Å². The monoisotopic (exact) mass is 222 g/mol. The van der Waals surface area contributed by atoms with Crippen LogP contribution in [0.3, 0.4) is 0 Å². The van der Waals surface area contributed by atoms with Crippen LogP contribution in [0.1, 0.15) is 29.7 Å². The van der Waals surface area contributed by atoms with Gasteiger partial charge < -0.3 is 9.84 Å². The smallest absolute Gasteiger partial charge is 0.311 e. The first-order chi connectivity index (χ1) is 7.47. The van der Waals surface area contributed by atoms with Gasteiger partial charge in [-0.05, 0) is 31.9 Å². The van der Waals surface area contributed by atoms with Gasteiger partial charge in [0.05, 0.1) is 19.1 Å². The van der Waals surface area contributed by atoms with E-state index in [9.17, 15) is 9.90 Å². The third kappa shape index (κ3) is 2.61. The van der Waals surface area contributed by atoms with Crippen LogP contribution in [0.5, 0.6) is 0 Å². The van der Waals surface area contributed by atoms with E-state index in [4.69, 9.17) is 0 Å². The largest absolute Gasteiger partial charge is 0.469 e. The summed E-state index contributed by atoms with van der Waals surface area (Å²) in [5, 5.41) is 10.1. The van der Waals surface area contributed by atoms with Crippen molar-refractivity contribution in [3.8, 4) is 0 Å². The van der Waals surface area contributed by atoms with E-state index in [0.717, 1.165) is 16.7 Å². The molecule has 0 spiro atoms. The van der Waals surface area contributed by atoms with Crippen molar-refractivity contribution in [3.05, 3.63) is 34.9 Å². The van der Waals surface area contributed by atoms with Crippen molar-refractivity contribution in [2.75, 3.05) is 7.11 Å². The molecule has 2 atom stereocenters. The van der Waals surface area contributed by atoms with E-state index in [-0.39, 0.29) is 0 Å². The molecule has 1 rings (SSSR count). The lowest BCUT2D eigenvalue weighted by Gasteiger charge is -2.19.